The molecule has 0 radical (unpaired) electrons. The summed E-state index contributed by atoms with van der Waals surface area (Å²) in [4.78, 5) is 12.6. The summed E-state index contributed by atoms with van der Waals surface area (Å²) in [5.41, 5.74) is 3.36. The summed E-state index contributed by atoms with van der Waals surface area (Å²) in [5, 5.41) is 10.4. The maximum Gasteiger partial charge on any atom is 0.162 e. The van der Waals surface area contributed by atoms with Crippen molar-refractivity contribution in [2.24, 2.45) is 0 Å². The van der Waals surface area contributed by atoms with E-state index in [9.17, 15) is 4.39 Å². The monoisotopic (exact) mass is 286 g/mol. The standard InChI is InChI=1S/C14H15FN6/c1-9-12-7-16-3-2-13(12)21-19-8-18-14(20-9)10-4-11(15)6-17-5-10/h4-6,8,16H,2-3,7H2,1H3,(H,18,19,20). The molecular weight excluding hydrogens is 271 g/mol. The van der Waals surface area contributed by atoms with Crippen LogP contribution in [0.25, 0.3) is 11.4 Å². The first kappa shape index (κ1) is 13.6. The quantitative estimate of drug-likeness (QED) is 0.830. The van der Waals surface area contributed by atoms with Gasteiger partial charge in [0.25, 0.3) is 0 Å². The predicted molar refractivity (Wildman–Crippen MR) is 75.1 cm³/mol. The molecule has 0 spiro atoms. The zero-order valence-electron chi connectivity index (χ0n) is 11.6. The van der Waals surface area contributed by atoms with Gasteiger partial charge < -0.3 is 5.32 Å². The third-order valence-electron chi connectivity index (χ3n) is 3.31. The number of rotatable bonds is 1. The summed E-state index contributed by atoms with van der Waals surface area (Å²) in [5.74, 6) is -0.0127. The summed E-state index contributed by atoms with van der Waals surface area (Å²) in [6, 6.07) is 1.36. The van der Waals surface area contributed by atoms with E-state index < -0.39 is 5.82 Å². The molecule has 0 atom stereocenters. The molecule has 0 aromatic carbocycles. The Labute approximate surface area is 121 Å². The van der Waals surface area contributed by atoms with Crippen LogP contribution in [0.2, 0.25) is 0 Å². The largest absolute Gasteiger partial charge is 0.312 e. The molecular formula is C14H15FN6. The predicted octanol–water partition coefficient (Wildman–Crippen LogP) is 1.48. The number of aromatic nitrogens is 5. The van der Waals surface area contributed by atoms with Crippen molar-refractivity contribution in [1.82, 2.24) is 30.5 Å². The minimum Gasteiger partial charge on any atom is -0.312 e. The second-order valence-corrected chi connectivity index (χ2v) is 4.76. The average molecular weight is 286 g/mol. The van der Waals surface area contributed by atoms with Crippen molar-refractivity contribution < 1.29 is 4.39 Å². The SMILES string of the molecule is Cc1nc(-c2cncc(F)c2)nc[nH]nc2c1CNCC2. The molecule has 0 fully saturated rings. The van der Waals surface area contributed by atoms with Gasteiger partial charge >= 0.3 is 0 Å². The first-order valence-corrected chi connectivity index (χ1v) is 6.69. The van der Waals surface area contributed by atoms with Crippen molar-refractivity contribution in [2.75, 3.05) is 6.54 Å². The fourth-order valence-corrected chi connectivity index (χ4v) is 2.26. The Morgan fingerprint density at radius 3 is 3.05 bits per heavy atom. The number of pyridine rings is 1. The van der Waals surface area contributed by atoms with Crippen molar-refractivity contribution in [3.63, 3.8) is 0 Å². The van der Waals surface area contributed by atoms with Crippen LogP contribution in [0.15, 0.2) is 24.8 Å². The molecule has 0 aliphatic carbocycles. The lowest BCUT2D eigenvalue weighted by Crippen LogP contribution is -2.25. The Morgan fingerprint density at radius 2 is 2.19 bits per heavy atom. The number of hydrogen-bond acceptors (Lipinski definition) is 5. The Morgan fingerprint density at radius 1 is 1.29 bits per heavy atom. The van der Waals surface area contributed by atoms with Crippen molar-refractivity contribution in [2.45, 2.75) is 19.9 Å². The summed E-state index contributed by atoms with van der Waals surface area (Å²) in [6.45, 7) is 3.51. The zero-order chi connectivity index (χ0) is 14.7. The molecule has 3 heterocycles. The smallest absolute Gasteiger partial charge is 0.162 e. The average Bonchev–Trinajstić information content (AvgIpc) is 2.57. The summed E-state index contributed by atoms with van der Waals surface area (Å²) >= 11 is 0. The number of hydrogen-bond donors (Lipinski definition) is 2. The first-order valence-electron chi connectivity index (χ1n) is 6.69. The Hall–Kier alpha value is -2.41. The second-order valence-electron chi connectivity index (χ2n) is 4.76. The summed E-state index contributed by atoms with van der Waals surface area (Å²) in [7, 11) is 0. The molecule has 1 aliphatic rings. The molecule has 0 unspecified atom stereocenters. The van der Waals surface area contributed by atoms with Crippen LogP contribution in [0.5, 0.6) is 0 Å². The molecule has 0 amide bonds. The van der Waals surface area contributed by atoms with Gasteiger partial charge in [-0.25, -0.2) is 14.4 Å². The maximum atomic E-state index is 13.3. The van der Waals surface area contributed by atoms with E-state index in [0.717, 1.165) is 36.1 Å². The molecule has 1 aliphatic heterocycles. The zero-order valence-corrected chi connectivity index (χ0v) is 11.6. The van der Waals surface area contributed by atoms with Crippen molar-refractivity contribution in [1.29, 1.82) is 0 Å². The molecule has 2 aromatic heterocycles. The minimum atomic E-state index is -0.417. The van der Waals surface area contributed by atoms with Gasteiger partial charge in [-0.05, 0) is 13.0 Å². The van der Waals surface area contributed by atoms with E-state index >= 15 is 0 Å². The molecule has 6 nitrogen and oxygen atoms in total. The third-order valence-corrected chi connectivity index (χ3v) is 3.31. The highest BCUT2D eigenvalue weighted by molar-refractivity contribution is 5.52. The summed E-state index contributed by atoms with van der Waals surface area (Å²) < 4.78 is 13.3. The van der Waals surface area contributed by atoms with Gasteiger partial charge in [0.15, 0.2) is 5.82 Å². The fraction of sp³-hybridized carbons (Fsp3) is 0.286. The van der Waals surface area contributed by atoms with Gasteiger partial charge in [0, 0.05) is 42.5 Å². The van der Waals surface area contributed by atoms with Crippen LogP contribution in [-0.2, 0) is 13.0 Å². The van der Waals surface area contributed by atoms with Gasteiger partial charge in [-0.15, -0.1) is 0 Å². The molecule has 21 heavy (non-hydrogen) atoms. The molecule has 2 N–H and O–H groups in total. The van der Waals surface area contributed by atoms with Crippen molar-refractivity contribution in [3.05, 3.63) is 47.6 Å². The molecule has 108 valence electrons. The van der Waals surface area contributed by atoms with Crippen molar-refractivity contribution >= 4 is 0 Å². The molecule has 7 heteroatoms. The highest BCUT2D eigenvalue weighted by Crippen LogP contribution is 2.16. The number of halogens is 1. The van der Waals surface area contributed by atoms with Crippen LogP contribution in [-0.4, -0.2) is 31.7 Å². The molecule has 2 aromatic rings. The van der Waals surface area contributed by atoms with Crippen LogP contribution in [0, 0.1) is 12.7 Å². The van der Waals surface area contributed by atoms with Crippen LogP contribution in [0.3, 0.4) is 0 Å². The van der Waals surface area contributed by atoms with Gasteiger partial charge in [-0.3, -0.25) is 10.1 Å². The van der Waals surface area contributed by atoms with Crippen LogP contribution >= 0.6 is 0 Å². The van der Waals surface area contributed by atoms with E-state index in [4.69, 9.17) is 0 Å². The lowest BCUT2D eigenvalue weighted by Gasteiger charge is -2.14. The lowest BCUT2D eigenvalue weighted by molar-refractivity contribution is 0.620. The van der Waals surface area contributed by atoms with Gasteiger partial charge in [-0.2, -0.15) is 5.10 Å². The highest BCUT2D eigenvalue weighted by atomic mass is 19.1. The van der Waals surface area contributed by atoms with E-state index in [2.05, 4.69) is 30.5 Å². The number of H-pyrrole nitrogens is 1. The molecule has 0 bridgehead atoms. The van der Waals surface area contributed by atoms with Crippen LogP contribution in [0.1, 0.15) is 17.0 Å². The van der Waals surface area contributed by atoms with Gasteiger partial charge in [-0.1, -0.05) is 0 Å². The molecule has 0 saturated carbocycles. The van der Waals surface area contributed by atoms with E-state index in [1.807, 2.05) is 6.92 Å². The number of nitrogens with zero attached hydrogens (tertiary/aromatic N) is 4. The molecule has 3 rings (SSSR count). The fourth-order valence-electron chi connectivity index (χ4n) is 2.26. The normalized spacial score (nSPS) is 13.4. The Bertz CT molecular complexity index is 710. The first-order chi connectivity index (χ1) is 10.2. The van der Waals surface area contributed by atoms with Gasteiger partial charge in [0.1, 0.15) is 12.1 Å². The number of fused-ring (bicyclic) bond motifs is 1. The van der Waals surface area contributed by atoms with E-state index in [0.29, 0.717) is 17.9 Å². The topological polar surface area (TPSA) is 79.4 Å². The lowest BCUT2D eigenvalue weighted by atomic mass is 10.1. The van der Waals surface area contributed by atoms with E-state index in [1.165, 1.54) is 18.6 Å². The number of aryl methyl sites for hydroxylation is 1. The van der Waals surface area contributed by atoms with Gasteiger partial charge in [0.05, 0.1) is 11.9 Å². The van der Waals surface area contributed by atoms with Crippen LogP contribution < -0.4 is 5.32 Å². The second kappa shape index (κ2) is 5.92. The third kappa shape index (κ3) is 3.03. The minimum absolute atomic E-state index is 0.404. The van der Waals surface area contributed by atoms with E-state index in [1.54, 1.807) is 0 Å². The maximum absolute atomic E-state index is 13.3. The molecule has 0 saturated heterocycles. The number of nitrogens with one attached hydrogen (secondary N) is 2. The highest BCUT2D eigenvalue weighted by Gasteiger charge is 2.12. The Kier molecular flexibility index (Phi) is 3.83. The summed E-state index contributed by atoms with van der Waals surface area (Å²) in [6.07, 6.45) is 4.98. The number of aromatic amines is 1. The van der Waals surface area contributed by atoms with Gasteiger partial charge in [0.2, 0.25) is 0 Å². The van der Waals surface area contributed by atoms with Crippen LogP contribution in [0.4, 0.5) is 4.39 Å². The Balaban J connectivity index is 2.19. The van der Waals surface area contributed by atoms with E-state index in [-0.39, 0.29) is 0 Å². The van der Waals surface area contributed by atoms with Crippen molar-refractivity contribution in [3.8, 4) is 11.4 Å².